The maximum Gasteiger partial charge on any atom is 0.292 e. The smallest absolute Gasteiger partial charge is 0.261 e. The van der Waals surface area contributed by atoms with E-state index in [-0.39, 0.29) is 0 Å². The van der Waals surface area contributed by atoms with Crippen LogP contribution in [-0.4, -0.2) is 13.1 Å². The molecular weight excluding hydrogens is 112 g/mol. The predicted octanol–water partition coefficient (Wildman–Crippen LogP) is 1.60. The first-order chi connectivity index (χ1) is 3.77. The van der Waals surface area contributed by atoms with E-state index >= 15 is 0 Å². The number of alkyl halides is 2. The Kier molecular flexibility index (Phi) is 4.85. The molecule has 0 aliphatic carbocycles. The second kappa shape index (κ2) is 4.97. The van der Waals surface area contributed by atoms with E-state index in [1.54, 1.807) is 0 Å². The molecule has 0 aromatic carbocycles. The summed E-state index contributed by atoms with van der Waals surface area (Å²) in [6, 6.07) is 0. The Labute approximate surface area is 48.1 Å². The summed E-state index contributed by atoms with van der Waals surface area (Å²) in [7, 11) is 0. The fraction of sp³-hybridized carbons (Fsp3) is 1.00. The van der Waals surface area contributed by atoms with Gasteiger partial charge in [0, 0.05) is 6.54 Å². The Morgan fingerprint density at radius 1 is 1.50 bits per heavy atom. The fourth-order valence-corrected chi connectivity index (χ4v) is 0.388. The molecule has 0 fully saturated rings. The van der Waals surface area contributed by atoms with E-state index in [4.69, 9.17) is 0 Å². The molecule has 0 bridgehead atoms. The summed E-state index contributed by atoms with van der Waals surface area (Å²) < 4.78 is 22.5. The topological polar surface area (TPSA) is 12.0 Å². The van der Waals surface area contributed by atoms with Gasteiger partial charge in [-0.2, -0.15) is 8.78 Å². The van der Waals surface area contributed by atoms with Crippen molar-refractivity contribution in [2.45, 2.75) is 26.3 Å². The summed E-state index contributed by atoms with van der Waals surface area (Å²) in [5, 5.41) is 2.01. The van der Waals surface area contributed by atoms with Gasteiger partial charge in [-0.3, -0.25) is 5.32 Å². The third-order valence-corrected chi connectivity index (χ3v) is 0.829. The van der Waals surface area contributed by atoms with Crippen LogP contribution >= 0.6 is 0 Å². The number of hydrogen-bond acceptors (Lipinski definition) is 1. The average Bonchev–Trinajstić information content (AvgIpc) is 1.66. The van der Waals surface area contributed by atoms with Gasteiger partial charge in [-0.15, -0.1) is 0 Å². The molecule has 0 aromatic heterocycles. The van der Waals surface area contributed by atoms with Crippen molar-refractivity contribution in [3.8, 4) is 0 Å². The minimum atomic E-state index is -2.35. The first-order valence-electron chi connectivity index (χ1n) is 2.79. The fourth-order valence-electron chi connectivity index (χ4n) is 0.388. The van der Waals surface area contributed by atoms with Crippen molar-refractivity contribution in [3.05, 3.63) is 0 Å². The number of rotatable bonds is 4. The molecule has 0 aromatic rings. The van der Waals surface area contributed by atoms with Crippen molar-refractivity contribution < 1.29 is 8.78 Å². The van der Waals surface area contributed by atoms with Crippen molar-refractivity contribution >= 4 is 0 Å². The average molecular weight is 123 g/mol. The van der Waals surface area contributed by atoms with E-state index in [9.17, 15) is 8.78 Å². The van der Waals surface area contributed by atoms with Gasteiger partial charge in [-0.25, -0.2) is 0 Å². The molecule has 0 spiro atoms. The van der Waals surface area contributed by atoms with Crippen LogP contribution in [0.3, 0.4) is 0 Å². The van der Waals surface area contributed by atoms with Crippen LogP contribution in [0, 0.1) is 0 Å². The van der Waals surface area contributed by atoms with E-state index in [0.29, 0.717) is 6.54 Å². The van der Waals surface area contributed by atoms with Crippen molar-refractivity contribution in [2.24, 2.45) is 0 Å². The molecule has 0 saturated carbocycles. The third kappa shape index (κ3) is 5.82. The SMILES string of the molecule is CCCCNC(F)F. The molecule has 8 heavy (non-hydrogen) atoms. The maximum absolute atomic E-state index is 11.2. The second-order valence-electron chi connectivity index (χ2n) is 1.61. The molecule has 0 radical (unpaired) electrons. The molecule has 0 atom stereocenters. The lowest BCUT2D eigenvalue weighted by atomic mass is 10.3. The standard InChI is InChI=1S/C5H11F2N/c1-2-3-4-8-5(6)7/h5,8H,2-4H2,1H3. The van der Waals surface area contributed by atoms with Crippen LogP contribution in [-0.2, 0) is 0 Å². The Bertz CT molecular complexity index is 47.7. The summed E-state index contributed by atoms with van der Waals surface area (Å²) in [4.78, 5) is 0. The number of hydrogen-bond donors (Lipinski definition) is 1. The summed E-state index contributed by atoms with van der Waals surface area (Å²) >= 11 is 0. The highest BCUT2D eigenvalue weighted by Gasteiger charge is 1.95. The van der Waals surface area contributed by atoms with Crippen LogP contribution in [0.4, 0.5) is 8.78 Å². The maximum atomic E-state index is 11.2. The van der Waals surface area contributed by atoms with Gasteiger partial charge >= 0.3 is 0 Å². The van der Waals surface area contributed by atoms with Crippen LogP contribution in [0.25, 0.3) is 0 Å². The Morgan fingerprint density at radius 3 is 2.50 bits per heavy atom. The molecule has 0 aliphatic heterocycles. The van der Waals surface area contributed by atoms with E-state index in [1.165, 1.54) is 0 Å². The van der Waals surface area contributed by atoms with Crippen LogP contribution < -0.4 is 5.32 Å². The van der Waals surface area contributed by atoms with Gasteiger partial charge in [-0.1, -0.05) is 13.3 Å². The molecule has 0 aliphatic rings. The molecule has 0 saturated heterocycles. The van der Waals surface area contributed by atoms with E-state index in [0.717, 1.165) is 12.8 Å². The highest BCUT2D eigenvalue weighted by Crippen LogP contribution is 1.87. The van der Waals surface area contributed by atoms with Crippen molar-refractivity contribution in [1.29, 1.82) is 0 Å². The zero-order chi connectivity index (χ0) is 6.41. The highest BCUT2D eigenvalue weighted by atomic mass is 19.3. The zero-order valence-corrected chi connectivity index (χ0v) is 4.95. The van der Waals surface area contributed by atoms with E-state index in [2.05, 4.69) is 0 Å². The molecule has 0 amide bonds. The Balaban J connectivity index is 2.72. The van der Waals surface area contributed by atoms with Gasteiger partial charge in [0.25, 0.3) is 6.55 Å². The van der Waals surface area contributed by atoms with Gasteiger partial charge in [-0.05, 0) is 6.42 Å². The number of nitrogens with one attached hydrogen (secondary N) is 1. The Morgan fingerprint density at radius 2 is 2.12 bits per heavy atom. The van der Waals surface area contributed by atoms with Crippen LogP contribution in [0.2, 0.25) is 0 Å². The van der Waals surface area contributed by atoms with Crippen LogP contribution in [0.1, 0.15) is 19.8 Å². The van der Waals surface area contributed by atoms with Crippen LogP contribution in [0.15, 0.2) is 0 Å². The lowest BCUT2D eigenvalue weighted by Crippen LogP contribution is -2.20. The molecular formula is C5H11F2N. The third-order valence-electron chi connectivity index (χ3n) is 0.829. The number of unbranched alkanes of at least 4 members (excludes halogenated alkanes) is 1. The van der Waals surface area contributed by atoms with Gasteiger partial charge in [0.15, 0.2) is 0 Å². The highest BCUT2D eigenvalue weighted by molar-refractivity contribution is 4.40. The largest absolute Gasteiger partial charge is 0.292 e. The van der Waals surface area contributed by atoms with E-state index < -0.39 is 6.55 Å². The monoisotopic (exact) mass is 123 g/mol. The summed E-state index contributed by atoms with van der Waals surface area (Å²) in [6.07, 6.45) is 1.78. The van der Waals surface area contributed by atoms with Gasteiger partial charge < -0.3 is 0 Å². The molecule has 0 unspecified atom stereocenters. The molecule has 0 rings (SSSR count). The predicted molar refractivity (Wildman–Crippen MR) is 28.9 cm³/mol. The van der Waals surface area contributed by atoms with Gasteiger partial charge in [0.05, 0.1) is 0 Å². The lowest BCUT2D eigenvalue weighted by Gasteiger charge is -1.98. The second-order valence-corrected chi connectivity index (χ2v) is 1.61. The van der Waals surface area contributed by atoms with Crippen LogP contribution in [0.5, 0.6) is 0 Å². The van der Waals surface area contributed by atoms with Crippen molar-refractivity contribution in [1.82, 2.24) is 5.32 Å². The summed E-state index contributed by atoms with van der Waals surface area (Å²) in [5.41, 5.74) is 0. The van der Waals surface area contributed by atoms with Crippen molar-refractivity contribution in [2.75, 3.05) is 6.54 Å². The van der Waals surface area contributed by atoms with Gasteiger partial charge in [0.1, 0.15) is 0 Å². The first kappa shape index (κ1) is 7.82. The summed E-state index contributed by atoms with van der Waals surface area (Å²) in [5.74, 6) is 0. The molecule has 3 heteroatoms. The van der Waals surface area contributed by atoms with Crippen molar-refractivity contribution in [3.63, 3.8) is 0 Å². The van der Waals surface area contributed by atoms with E-state index in [1.807, 2.05) is 12.2 Å². The normalized spacial score (nSPS) is 10.5. The first-order valence-corrected chi connectivity index (χ1v) is 2.79. The van der Waals surface area contributed by atoms with Gasteiger partial charge in [0.2, 0.25) is 0 Å². The zero-order valence-electron chi connectivity index (χ0n) is 4.95. The Hall–Kier alpha value is -0.180. The minimum Gasteiger partial charge on any atom is -0.261 e. The minimum absolute atomic E-state index is 0.425. The lowest BCUT2D eigenvalue weighted by molar-refractivity contribution is 0.108. The number of halogens is 2. The molecule has 50 valence electrons. The molecule has 1 nitrogen and oxygen atoms in total. The molecule has 0 heterocycles. The summed E-state index contributed by atoms with van der Waals surface area (Å²) in [6.45, 7) is 0.0444. The quantitative estimate of drug-likeness (QED) is 0.442. The molecule has 1 N–H and O–H groups in total.